The van der Waals surface area contributed by atoms with Gasteiger partial charge < -0.3 is 0 Å². The Morgan fingerprint density at radius 1 is 1.18 bits per heavy atom. The van der Waals surface area contributed by atoms with Crippen molar-refractivity contribution in [1.82, 2.24) is 4.31 Å². The molecule has 0 saturated carbocycles. The number of alkyl halides is 3. The standard InChI is InChI=1S/C12H9BrF3N3O2S/c13-11-9(2-1-3-10(11)12(14,15)16)8-22(20,21)19(6-4-17)7-5-18/h1-3H,6-8H2. The number of benzene rings is 1. The quantitative estimate of drug-likeness (QED) is 0.717. The molecule has 0 aliphatic carbocycles. The molecule has 10 heteroatoms. The number of nitrogens with zero attached hydrogens (tertiary/aromatic N) is 3. The lowest BCUT2D eigenvalue weighted by atomic mass is 10.1. The zero-order valence-electron chi connectivity index (χ0n) is 10.9. The minimum absolute atomic E-state index is 0.101. The van der Waals surface area contributed by atoms with E-state index in [1.54, 1.807) is 12.1 Å². The Balaban J connectivity index is 3.20. The molecule has 0 heterocycles. The second-order valence-electron chi connectivity index (χ2n) is 4.12. The Morgan fingerprint density at radius 2 is 1.73 bits per heavy atom. The molecule has 5 nitrogen and oxygen atoms in total. The smallest absolute Gasteiger partial charge is 0.212 e. The maximum absolute atomic E-state index is 12.8. The van der Waals surface area contributed by atoms with Gasteiger partial charge in [-0.25, -0.2) is 8.42 Å². The molecule has 0 amide bonds. The van der Waals surface area contributed by atoms with Crippen LogP contribution < -0.4 is 0 Å². The summed E-state index contributed by atoms with van der Waals surface area (Å²) in [5.74, 6) is -0.749. The van der Waals surface area contributed by atoms with Gasteiger partial charge in [-0.1, -0.05) is 12.1 Å². The Bertz CT molecular complexity index is 719. The van der Waals surface area contributed by atoms with Gasteiger partial charge >= 0.3 is 6.18 Å². The molecule has 0 bridgehead atoms. The summed E-state index contributed by atoms with van der Waals surface area (Å²) >= 11 is 2.76. The zero-order valence-corrected chi connectivity index (χ0v) is 13.3. The van der Waals surface area contributed by atoms with Crippen LogP contribution in [0.2, 0.25) is 0 Å². The van der Waals surface area contributed by atoms with Gasteiger partial charge in [-0.05, 0) is 27.6 Å². The second-order valence-corrected chi connectivity index (χ2v) is 6.88. The van der Waals surface area contributed by atoms with Crippen molar-refractivity contribution in [1.29, 1.82) is 10.5 Å². The summed E-state index contributed by atoms with van der Waals surface area (Å²) in [5.41, 5.74) is -1.09. The van der Waals surface area contributed by atoms with Crippen LogP contribution in [-0.2, 0) is 22.0 Å². The molecule has 0 spiro atoms. The van der Waals surface area contributed by atoms with Crippen LogP contribution in [-0.4, -0.2) is 25.8 Å². The van der Waals surface area contributed by atoms with E-state index in [0.29, 0.717) is 4.31 Å². The van der Waals surface area contributed by atoms with Crippen LogP contribution in [0.5, 0.6) is 0 Å². The fourth-order valence-electron chi connectivity index (χ4n) is 1.61. The first kappa shape index (κ1) is 18.4. The Labute approximate surface area is 133 Å². The summed E-state index contributed by atoms with van der Waals surface area (Å²) in [7, 11) is -4.09. The van der Waals surface area contributed by atoms with E-state index in [-0.39, 0.29) is 10.0 Å². The van der Waals surface area contributed by atoms with Gasteiger partial charge in [0.2, 0.25) is 10.0 Å². The first-order valence-corrected chi connectivity index (χ1v) is 8.10. The van der Waals surface area contributed by atoms with Crippen LogP contribution in [0.4, 0.5) is 13.2 Å². The maximum atomic E-state index is 12.8. The lowest BCUT2D eigenvalue weighted by Gasteiger charge is -2.17. The van der Waals surface area contributed by atoms with Crippen LogP contribution in [0, 0.1) is 22.7 Å². The van der Waals surface area contributed by atoms with Crippen molar-refractivity contribution in [2.24, 2.45) is 0 Å². The molecule has 118 valence electrons. The molecule has 0 radical (unpaired) electrons. The van der Waals surface area contributed by atoms with Gasteiger partial charge in [-0.15, -0.1) is 0 Å². The van der Waals surface area contributed by atoms with E-state index in [9.17, 15) is 21.6 Å². The monoisotopic (exact) mass is 395 g/mol. The molecule has 0 aliphatic rings. The summed E-state index contributed by atoms with van der Waals surface area (Å²) < 4.78 is 62.8. The van der Waals surface area contributed by atoms with Gasteiger partial charge in [0.1, 0.15) is 13.1 Å². The normalized spacial score (nSPS) is 12.0. The lowest BCUT2D eigenvalue weighted by molar-refractivity contribution is -0.138. The number of hydrogen-bond donors (Lipinski definition) is 0. The summed E-state index contributed by atoms with van der Waals surface area (Å²) in [6, 6.07) is 6.34. The van der Waals surface area contributed by atoms with E-state index in [4.69, 9.17) is 10.5 Å². The van der Waals surface area contributed by atoms with Crippen molar-refractivity contribution in [2.75, 3.05) is 13.1 Å². The summed E-state index contributed by atoms with van der Waals surface area (Å²) in [5, 5.41) is 17.1. The van der Waals surface area contributed by atoms with Crippen molar-refractivity contribution < 1.29 is 21.6 Å². The maximum Gasteiger partial charge on any atom is 0.417 e. The van der Waals surface area contributed by atoms with E-state index < -0.39 is 40.6 Å². The number of hydrogen-bond acceptors (Lipinski definition) is 4. The molecule has 1 aromatic carbocycles. The largest absolute Gasteiger partial charge is 0.417 e. The molecule has 0 saturated heterocycles. The molecule has 0 unspecified atom stereocenters. The predicted octanol–water partition coefficient (Wildman–Crippen LogP) is 2.65. The number of nitriles is 2. The first-order valence-electron chi connectivity index (χ1n) is 5.69. The van der Waals surface area contributed by atoms with Crippen molar-refractivity contribution in [3.05, 3.63) is 33.8 Å². The molecule has 1 rings (SSSR count). The Hall–Kier alpha value is -1.62. The number of rotatable bonds is 5. The van der Waals surface area contributed by atoms with Crippen LogP contribution in [0.25, 0.3) is 0 Å². The molecular weight excluding hydrogens is 387 g/mol. The second kappa shape index (κ2) is 7.09. The van der Waals surface area contributed by atoms with Crippen LogP contribution in [0.15, 0.2) is 22.7 Å². The van der Waals surface area contributed by atoms with E-state index in [1.807, 2.05) is 0 Å². The third kappa shape index (κ3) is 4.44. The van der Waals surface area contributed by atoms with Crippen molar-refractivity contribution in [2.45, 2.75) is 11.9 Å². The van der Waals surface area contributed by atoms with Gasteiger partial charge in [0.05, 0.1) is 23.5 Å². The predicted molar refractivity (Wildman–Crippen MR) is 74.6 cm³/mol. The summed E-state index contributed by atoms with van der Waals surface area (Å²) in [4.78, 5) is 0. The fraction of sp³-hybridized carbons (Fsp3) is 0.333. The van der Waals surface area contributed by atoms with E-state index in [0.717, 1.165) is 12.1 Å². The van der Waals surface area contributed by atoms with Crippen LogP contribution >= 0.6 is 15.9 Å². The van der Waals surface area contributed by atoms with Gasteiger partial charge in [0, 0.05) is 4.47 Å². The molecule has 0 aromatic heterocycles. The molecular formula is C12H9BrF3N3O2S. The van der Waals surface area contributed by atoms with Gasteiger partial charge in [0.25, 0.3) is 0 Å². The molecule has 0 N–H and O–H groups in total. The van der Waals surface area contributed by atoms with Gasteiger partial charge in [-0.2, -0.15) is 28.0 Å². The molecule has 0 aliphatic heterocycles. The first-order chi connectivity index (χ1) is 10.1. The van der Waals surface area contributed by atoms with Crippen LogP contribution in [0.1, 0.15) is 11.1 Å². The van der Waals surface area contributed by atoms with Gasteiger partial charge in [0.15, 0.2) is 0 Å². The van der Waals surface area contributed by atoms with Gasteiger partial charge in [-0.3, -0.25) is 0 Å². The topological polar surface area (TPSA) is 85.0 Å². The van der Waals surface area contributed by atoms with Crippen molar-refractivity contribution in [3.8, 4) is 12.1 Å². The number of halogens is 4. The Kier molecular flexibility index (Phi) is 5.94. The molecule has 1 aromatic rings. The van der Waals surface area contributed by atoms with Crippen molar-refractivity contribution >= 4 is 26.0 Å². The third-order valence-corrected chi connectivity index (χ3v) is 5.27. The molecule has 0 fully saturated rings. The minimum Gasteiger partial charge on any atom is -0.212 e. The van der Waals surface area contributed by atoms with E-state index in [1.165, 1.54) is 6.07 Å². The van der Waals surface area contributed by atoms with E-state index >= 15 is 0 Å². The SMILES string of the molecule is N#CCN(CC#N)S(=O)(=O)Cc1cccc(C(F)(F)F)c1Br. The fourth-order valence-corrected chi connectivity index (χ4v) is 3.75. The average molecular weight is 396 g/mol. The summed E-state index contributed by atoms with van der Waals surface area (Å²) in [6.07, 6.45) is -4.63. The highest BCUT2D eigenvalue weighted by Gasteiger charge is 2.34. The lowest BCUT2D eigenvalue weighted by Crippen LogP contribution is -2.33. The van der Waals surface area contributed by atoms with Crippen molar-refractivity contribution in [3.63, 3.8) is 0 Å². The minimum atomic E-state index is -4.63. The molecule has 22 heavy (non-hydrogen) atoms. The van der Waals surface area contributed by atoms with Crippen LogP contribution in [0.3, 0.4) is 0 Å². The molecule has 0 atom stereocenters. The number of sulfonamides is 1. The summed E-state index contributed by atoms with van der Waals surface area (Å²) in [6.45, 7) is -1.10. The Morgan fingerprint density at radius 3 is 2.18 bits per heavy atom. The zero-order chi connectivity index (χ0) is 17.0. The highest BCUT2D eigenvalue weighted by atomic mass is 79.9. The third-order valence-electron chi connectivity index (χ3n) is 2.61. The average Bonchev–Trinajstić information content (AvgIpc) is 2.39. The highest BCUT2D eigenvalue weighted by Crippen LogP contribution is 2.37. The van der Waals surface area contributed by atoms with E-state index in [2.05, 4.69) is 15.9 Å². The highest BCUT2D eigenvalue weighted by molar-refractivity contribution is 9.10.